The topological polar surface area (TPSA) is 51.2 Å². The average Bonchev–Trinajstić information content (AvgIpc) is 2.66. The zero-order valence-electron chi connectivity index (χ0n) is 15.9. The molecule has 0 saturated heterocycles. The first-order valence-electron chi connectivity index (χ1n) is 8.82. The van der Waals surface area contributed by atoms with Crippen molar-refractivity contribution in [3.8, 4) is 11.5 Å². The number of hydrogen-bond acceptors (Lipinski definition) is 5. The van der Waals surface area contributed by atoms with Crippen molar-refractivity contribution in [2.24, 2.45) is 0 Å². The van der Waals surface area contributed by atoms with Gasteiger partial charge in [0.1, 0.15) is 24.2 Å². The summed E-state index contributed by atoms with van der Waals surface area (Å²) >= 11 is 0. The highest BCUT2D eigenvalue weighted by Crippen LogP contribution is 2.17. The Morgan fingerprint density at radius 1 is 0.962 bits per heavy atom. The van der Waals surface area contributed by atoms with Gasteiger partial charge < -0.3 is 19.3 Å². The third kappa shape index (κ3) is 7.04. The number of methoxy groups -OCH3 is 2. The molecule has 5 nitrogen and oxygen atoms in total. The molecule has 0 aliphatic rings. The zero-order valence-corrected chi connectivity index (χ0v) is 15.9. The van der Waals surface area contributed by atoms with Crippen LogP contribution in [0, 0.1) is 6.92 Å². The maximum Gasteiger partial charge on any atom is 0.119 e. The minimum absolute atomic E-state index is 0.240. The number of aliphatic hydroxyl groups excluding tert-OH is 1. The van der Waals surface area contributed by atoms with Crippen molar-refractivity contribution in [2.45, 2.75) is 19.6 Å². The van der Waals surface area contributed by atoms with Crippen LogP contribution in [-0.2, 0) is 11.3 Å². The molecule has 0 aromatic heterocycles. The second kappa shape index (κ2) is 10.8. The summed E-state index contributed by atoms with van der Waals surface area (Å²) in [7, 11) is 3.32. The fourth-order valence-corrected chi connectivity index (χ4v) is 2.62. The van der Waals surface area contributed by atoms with Crippen molar-refractivity contribution in [1.29, 1.82) is 0 Å². The Balaban J connectivity index is 1.85. The monoisotopic (exact) mass is 359 g/mol. The highest BCUT2D eigenvalue weighted by molar-refractivity contribution is 5.31. The number of hydrogen-bond donors (Lipinski definition) is 1. The highest BCUT2D eigenvalue weighted by atomic mass is 16.5. The van der Waals surface area contributed by atoms with E-state index in [1.807, 2.05) is 24.3 Å². The van der Waals surface area contributed by atoms with Crippen LogP contribution >= 0.6 is 0 Å². The number of nitrogens with zero attached hydrogens (tertiary/aromatic N) is 1. The lowest BCUT2D eigenvalue weighted by Gasteiger charge is -2.25. The fourth-order valence-electron chi connectivity index (χ4n) is 2.62. The van der Waals surface area contributed by atoms with Gasteiger partial charge in [0.15, 0.2) is 0 Å². The van der Waals surface area contributed by atoms with Crippen LogP contribution in [0.1, 0.15) is 11.1 Å². The van der Waals surface area contributed by atoms with Crippen molar-refractivity contribution < 1.29 is 19.3 Å². The van der Waals surface area contributed by atoms with Gasteiger partial charge in [-0.15, -0.1) is 0 Å². The molecule has 0 spiro atoms. The number of aliphatic hydroxyl groups is 1. The van der Waals surface area contributed by atoms with Gasteiger partial charge >= 0.3 is 0 Å². The van der Waals surface area contributed by atoms with Crippen LogP contribution in [-0.4, -0.2) is 56.6 Å². The highest BCUT2D eigenvalue weighted by Gasteiger charge is 2.13. The average molecular weight is 359 g/mol. The van der Waals surface area contributed by atoms with E-state index in [1.165, 1.54) is 11.1 Å². The maximum atomic E-state index is 10.4. The minimum Gasteiger partial charge on any atom is -0.497 e. The van der Waals surface area contributed by atoms with Crippen LogP contribution in [0.25, 0.3) is 0 Å². The summed E-state index contributed by atoms with van der Waals surface area (Å²) in [4.78, 5) is 2.18. The van der Waals surface area contributed by atoms with Crippen molar-refractivity contribution in [2.75, 3.05) is 40.5 Å². The first-order chi connectivity index (χ1) is 12.6. The van der Waals surface area contributed by atoms with Crippen LogP contribution < -0.4 is 9.47 Å². The van der Waals surface area contributed by atoms with E-state index in [2.05, 4.69) is 36.1 Å². The molecule has 2 rings (SSSR count). The van der Waals surface area contributed by atoms with E-state index in [1.54, 1.807) is 14.2 Å². The van der Waals surface area contributed by atoms with Gasteiger partial charge in [-0.2, -0.15) is 0 Å². The molecule has 1 N–H and O–H groups in total. The lowest BCUT2D eigenvalue weighted by molar-refractivity contribution is 0.0542. The van der Waals surface area contributed by atoms with E-state index >= 15 is 0 Å². The Kier molecular flexibility index (Phi) is 8.41. The van der Waals surface area contributed by atoms with Gasteiger partial charge in [-0.05, 0) is 36.8 Å². The summed E-state index contributed by atoms with van der Waals surface area (Å²) in [6.07, 6.45) is -0.584. The number of benzene rings is 2. The summed E-state index contributed by atoms with van der Waals surface area (Å²) in [5.74, 6) is 1.49. The fraction of sp³-hybridized carbons (Fsp3) is 0.429. The SMILES string of the molecule is COCCN(Cc1ccc(C)cc1)C[C@H](O)COc1ccc(OC)cc1. The van der Waals surface area contributed by atoms with Crippen molar-refractivity contribution >= 4 is 0 Å². The second-order valence-corrected chi connectivity index (χ2v) is 6.35. The smallest absolute Gasteiger partial charge is 0.119 e. The molecule has 2 aromatic rings. The van der Waals surface area contributed by atoms with Gasteiger partial charge in [0.25, 0.3) is 0 Å². The van der Waals surface area contributed by atoms with Crippen molar-refractivity contribution in [3.63, 3.8) is 0 Å². The summed E-state index contributed by atoms with van der Waals surface area (Å²) in [5.41, 5.74) is 2.46. The molecule has 142 valence electrons. The molecule has 0 saturated carbocycles. The maximum absolute atomic E-state index is 10.4. The van der Waals surface area contributed by atoms with E-state index in [9.17, 15) is 5.11 Å². The van der Waals surface area contributed by atoms with E-state index in [4.69, 9.17) is 14.2 Å². The molecule has 2 aromatic carbocycles. The van der Waals surface area contributed by atoms with E-state index in [0.717, 1.165) is 18.8 Å². The molecule has 5 heteroatoms. The molecule has 0 unspecified atom stereocenters. The predicted molar refractivity (Wildman–Crippen MR) is 103 cm³/mol. The van der Waals surface area contributed by atoms with E-state index in [0.29, 0.717) is 18.9 Å². The third-order valence-corrected chi connectivity index (χ3v) is 4.11. The van der Waals surface area contributed by atoms with Gasteiger partial charge in [-0.1, -0.05) is 29.8 Å². The Labute approximate surface area is 156 Å². The Bertz CT molecular complexity index is 627. The minimum atomic E-state index is -0.584. The first-order valence-corrected chi connectivity index (χ1v) is 8.82. The molecule has 0 aliphatic carbocycles. The summed E-state index contributed by atoms with van der Waals surface area (Å²) in [6, 6.07) is 15.8. The Morgan fingerprint density at radius 2 is 1.62 bits per heavy atom. The molecule has 0 fully saturated rings. The van der Waals surface area contributed by atoms with E-state index in [-0.39, 0.29) is 6.61 Å². The molecule has 0 radical (unpaired) electrons. The summed E-state index contributed by atoms with van der Waals surface area (Å²) in [6.45, 7) is 4.98. The van der Waals surface area contributed by atoms with Crippen LogP contribution in [0.5, 0.6) is 11.5 Å². The van der Waals surface area contributed by atoms with Crippen LogP contribution in [0.3, 0.4) is 0 Å². The number of rotatable bonds is 11. The quantitative estimate of drug-likeness (QED) is 0.669. The first kappa shape index (κ1) is 20.2. The number of aryl methyl sites for hydroxylation is 1. The second-order valence-electron chi connectivity index (χ2n) is 6.35. The predicted octanol–water partition coefficient (Wildman–Crippen LogP) is 2.89. The molecule has 26 heavy (non-hydrogen) atoms. The summed E-state index contributed by atoms with van der Waals surface area (Å²) in [5, 5.41) is 10.4. The largest absolute Gasteiger partial charge is 0.497 e. The lowest BCUT2D eigenvalue weighted by atomic mass is 10.1. The third-order valence-electron chi connectivity index (χ3n) is 4.11. The van der Waals surface area contributed by atoms with Crippen LogP contribution in [0.4, 0.5) is 0 Å². The molecule has 0 bridgehead atoms. The number of ether oxygens (including phenoxy) is 3. The molecule has 0 heterocycles. The molecular formula is C21H29NO4. The molecule has 1 atom stereocenters. The lowest BCUT2D eigenvalue weighted by Crippen LogP contribution is -2.37. The van der Waals surface area contributed by atoms with Gasteiger partial charge in [-0.25, -0.2) is 0 Å². The summed E-state index contributed by atoms with van der Waals surface area (Å²) < 4.78 is 16.0. The zero-order chi connectivity index (χ0) is 18.8. The van der Waals surface area contributed by atoms with E-state index < -0.39 is 6.10 Å². The van der Waals surface area contributed by atoms with Gasteiger partial charge in [0.2, 0.25) is 0 Å². The van der Waals surface area contributed by atoms with Gasteiger partial charge in [0.05, 0.1) is 13.7 Å². The molecule has 0 aliphatic heterocycles. The van der Waals surface area contributed by atoms with Crippen molar-refractivity contribution in [3.05, 3.63) is 59.7 Å². The molecular weight excluding hydrogens is 330 g/mol. The molecule has 0 amide bonds. The standard InChI is InChI=1S/C21H29NO4/c1-17-4-6-18(7-5-17)14-22(12-13-24-2)15-19(23)16-26-21-10-8-20(25-3)9-11-21/h4-11,19,23H,12-16H2,1-3H3/t19-/m0/s1. The Morgan fingerprint density at radius 3 is 2.23 bits per heavy atom. The Hall–Kier alpha value is -2.08. The van der Waals surface area contributed by atoms with Gasteiger partial charge in [-0.3, -0.25) is 4.90 Å². The normalized spacial score (nSPS) is 12.2. The van der Waals surface area contributed by atoms with Crippen LogP contribution in [0.2, 0.25) is 0 Å². The van der Waals surface area contributed by atoms with Crippen molar-refractivity contribution in [1.82, 2.24) is 4.90 Å². The van der Waals surface area contributed by atoms with Crippen LogP contribution in [0.15, 0.2) is 48.5 Å². The van der Waals surface area contributed by atoms with Gasteiger partial charge in [0, 0.05) is 26.7 Å².